The molecule has 0 aromatic carbocycles. The smallest absolute Gasteiger partial charge is 0.0989 e. The zero-order valence-electron chi connectivity index (χ0n) is 9.84. The summed E-state index contributed by atoms with van der Waals surface area (Å²) < 4.78 is 5.55. The molecule has 0 saturated carbocycles. The van der Waals surface area contributed by atoms with Crippen molar-refractivity contribution in [1.29, 1.82) is 0 Å². The van der Waals surface area contributed by atoms with Crippen LogP contribution in [0.15, 0.2) is 0 Å². The molecule has 7 heteroatoms. The summed E-state index contributed by atoms with van der Waals surface area (Å²) in [4.78, 5) is 0. The van der Waals surface area contributed by atoms with E-state index in [-0.39, 0.29) is 4.71 Å². The second-order valence-electron chi connectivity index (χ2n) is 4.28. The van der Waals surface area contributed by atoms with Gasteiger partial charge in [-0.3, -0.25) is 0 Å². The lowest BCUT2D eigenvalue weighted by Gasteiger charge is -2.18. The molecule has 4 atom stereocenters. The fraction of sp³-hybridized carbons (Fsp3) is 1.00. The van der Waals surface area contributed by atoms with Crippen LogP contribution in [-0.4, -0.2) is 46.7 Å². The Morgan fingerprint density at radius 2 is 2.35 bits per heavy atom. The van der Waals surface area contributed by atoms with Gasteiger partial charge in [-0.05, 0) is 6.42 Å². The zero-order chi connectivity index (χ0) is 12.1. The summed E-state index contributed by atoms with van der Waals surface area (Å²) >= 11 is 5.44. The quantitative estimate of drug-likeness (QED) is 0.622. The van der Waals surface area contributed by atoms with Gasteiger partial charge in [-0.25, -0.2) is 0 Å². The molecule has 2 fully saturated rings. The Bertz CT molecular complexity index is 229. The highest BCUT2D eigenvalue weighted by atomic mass is 32.2. The van der Waals surface area contributed by atoms with E-state index >= 15 is 0 Å². The van der Waals surface area contributed by atoms with Crippen LogP contribution >= 0.6 is 35.3 Å². The average molecular weight is 295 g/mol. The van der Waals surface area contributed by atoms with Crippen LogP contribution in [-0.2, 0) is 4.74 Å². The zero-order valence-corrected chi connectivity index (χ0v) is 12.3. The molecule has 4 nitrogen and oxygen atoms in total. The number of nitrogens with one attached hydrogen (secondary N) is 1. The first-order chi connectivity index (χ1) is 8.29. The van der Waals surface area contributed by atoms with Crippen LogP contribution in [0.1, 0.15) is 6.42 Å². The van der Waals surface area contributed by atoms with Gasteiger partial charge in [0, 0.05) is 35.9 Å². The van der Waals surface area contributed by atoms with E-state index in [2.05, 4.69) is 5.32 Å². The predicted molar refractivity (Wildman–Crippen MR) is 79.2 cm³/mol. The highest BCUT2D eigenvalue weighted by molar-refractivity contribution is 8.16. The number of rotatable bonds is 6. The first-order valence-corrected chi connectivity index (χ1v) is 9.08. The second-order valence-corrected chi connectivity index (χ2v) is 8.10. The summed E-state index contributed by atoms with van der Waals surface area (Å²) in [5.41, 5.74) is 11.4. The number of hydrogen-bond donors (Lipinski definition) is 3. The third kappa shape index (κ3) is 4.49. The standard InChI is InChI=1S/C10H21N3OS3/c11-6-17-10(12)16-5-8-4-15-9(13-8)7-1-2-14-3-7/h7-10,13H,1-6,11-12H2. The van der Waals surface area contributed by atoms with E-state index in [1.54, 1.807) is 23.5 Å². The summed E-state index contributed by atoms with van der Waals surface area (Å²) in [5, 5.41) is 4.28. The van der Waals surface area contributed by atoms with E-state index < -0.39 is 0 Å². The number of hydrogen-bond acceptors (Lipinski definition) is 7. The molecule has 0 aliphatic carbocycles. The molecule has 0 spiro atoms. The average Bonchev–Trinajstić information content (AvgIpc) is 2.97. The minimum Gasteiger partial charge on any atom is -0.381 e. The second kappa shape index (κ2) is 7.47. The SMILES string of the molecule is NCSC(N)SCC1CSC(C2CCOC2)N1. The van der Waals surface area contributed by atoms with Crippen LogP contribution in [0.2, 0.25) is 0 Å². The van der Waals surface area contributed by atoms with Crippen molar-refractivity contribution in [1.82, 2.24) is 5.32 Å². The van der Waals surface area contributed by atoms with Crippen LogP contribution in [0.25, 0.3) is 0 Å². The molecule has 0 amide bonds. The molecule has 0 aromatic rings. The van der Waals surface area contributed by atoms with Crippen molar-refractivity contribution in [2.24, 2.45) is 17.4 Å². The van der Waals surface area contributed by atoms with Gasteiger partial charge < -0.3 is 21.5 Å². The Morgan fingerprint density at radius 1 is 1.47 bits per heavy atom. The maximum absolute atomic E-state index is 5.91. The Morgan fingerprint density at radius 3 is 3.06 bits per heavy atom. The first-order valence-electron chi connectivity index (χ1n) is 5.94. The summed E-state index contributed by atoms with van der Waals surface area (Å²) in [6.45, 7) is 1.86. The van der Waals surface area contributed by atoms with Crippen molar-refractivity contribution in [3.05, 3.63) is 0 Å². The van der Waals surface area contributed by atoms with Crippen LogP contribution in [0.4, 0.5) is 0 Å². The van der Waals surface area contributed by atoms with Gasteiger partial charge in [0.05, 0.1) is 16.7 Å². The molecule has 2 aliphatic heterocycles. The van der Waals surface area contributed by atoms with E-state index in [0.29, 0.717) is 23.2 Å². The molecule has 0 radical (unpaired) electrons. The maximum atomic E-state index is 5.91. The predicted octanol–water partition coefficient (Wildman–Crippen LogP) is 0.679. The van der Waals surface area contributed by atoms with E-state index in [1.165, 1.54) is 12.2 Å². The fourth-order valence-corrected chi connectivity index (χ4v) is 5.32. The lowest BCUT2D eigenvalue weighted by Crippen LogP contribution is -2.36. The van der Waals surface area contributed by atoms with Gasteiger partial charge >= 0.3 is 0 Å². The van der Waals surface area contributed by atoms with Crippen LogP contribution in [0.5, 0.6) is 0 Å². The molecule has 0 aromatic heterocycles. The lowest BCUT2D eigenvalue weighted by molar-refractivity contribution is 0.183. The van der Waals surface area contributed by atoms with E-state index in [0.717, 1.165) is 19.0 Å². The molecular formula is C10H21N3OS3. The Balaban J connectivity index is 1.63. The van der Waals surface area contributed by atoms with E-state index in [4.69, 9.17) is 16.2 Å². The van der Waals surface area contributed by atoms with Crippen molar-refractivity contribution in [2.45, 2.75) is 22.5 Å². The Hall–Kier alpha value is 0.890. The Labute approximate surface area is 116 Å². The number of ether oxygens (including phenoxy) is 1. The van der Waals surface area contributed by atoms with Gasteiger partial charge in [0.15, 0.2) is 0 Å². The third-order valence-corrected chi connectivity index (χ3v) is 6.73. The summed E-state index contributed by atoms with van der Waals surface area (Å²) in [6.07, 6.45) is 1.20. The fourth-order valence-electron chi connectivity index (χ4n) is 2.06. The molecule has 2 saturated heterocycles. The van der Waals surface area contributed by atoms with Crippen molar-refractivity contribution in [2.75, 3.05) is 30.6 Å². The highest BCUT2D eigenvalue weighted by Crippen LogP contribution is 2.31. The molecule has 5 N–H and O–H groups in total. The first kappa shape index (κ1) is 14.3. The van der Waals surface area contributed by atoms with E-state index in [9.17, 15) is 0 Å². The highest BCUT2D eigenvalue weighted by Gasteiger charge is 2.32. The molecule has 2 rings (SSSR count). The molecular weight excluding hydrogens is 274 g/mol. The minimum absolute atomic E-state index is 0.112. The maximum Gasteiger partial charge on any atom is 0.0989 e. The lowest BCUT2D eigenvalue weighted by atomic mass is 10.1. The van der Waals surface area contributed by atoms with Gasteiger partial charge in [-0.2, -0.15) is 0 Å². The minimum atomic E-state index is 0.112. The number of nitrogens with two attached hydrogens (primary N) is 2. The summed E-state index contributed by atoms with van der Waals surface area (Å²) in [6, 6.07) is 0.583. The largest absolute Gasteiger partial charge is 0.381 e. The van der Waals surface area contributed by atoms with Crippen LogP contribution in [0, 0.1) is 5.92 Å². The molecule has 100 valence electrons. The Kier molecular flexibility index (Phi) is 6.29. The van der Waals surface area contributed by atoms with Gasteiger partial charge in [0.25, 0.3) is 0 Å². The van der Waals surface area contributed by atoms with Crippen LogP contribution < -0.4 is 16.8 Å². The molecule has 2 aliphatic rings. The summed E-state index contributed by atoms with van der Waals surface area (Å²) in [5.74, 6) is 3.56. The van der Waals surface area contributed by atoms with Crippen LogP contribution in [0.3, 0.4) is 0 Å². The van der Waals surface area contributed by atoms with Gasteiger partial charge in [-0.15, -0.1) is 35.3 Å². The summed E-state index contributed by atoms with van der Waals surface area (Å²) in [7, 11) is 0. The molecule has 2 heterocycles. The van der Waals surface area contributed by atoms with Gasteiger partial charge in [-0.1, -0.05) is 0 Å². The molecule has 17 heavy (non-hydrogen) atoms. The number of thioether (sulfide) groups is 3. The molecule has 0 bridgehead atoms. The van der Waals surface area contributed by atoms with Crippen molar-refractivity contribution >= 4 is 35.3 Å². The van der Waals surface area contributed by atoms with Crippen molar-refractivity contribution < 1.29 is 4.74 Å². The molecule has 4 unspecified atom stereocenters. The van der Waals surface area contributed by atoms with Gasteiger partial charge in [0.2, 0.25) is 0 Å². The van der Waals surface area contributed by atoms with Gasteiger partial charge in [0.1, 0.15) is 0 Å². The van der Waals surface area contributed by atoms with E-state index in [1.807, 2.05) is 11.8 Å². The normalized spacial score (nSPS) is 35.3. The van der Waals surface area contributed by atoms with Crippen molar-refractivity contribution in [3.63, 3.8) is 0 Å². The van der Waals surface area contributed by atoms with Crippen molar-refractivity contribution in [3.8, 4) is 0 Å². The topological polar surface area (TPSA) is 73.3 Å². The monoisotopic (exact) mass is 295 g/mol. The third-order valence-electron chi connectivity index (χ3n) is 2.99.